The summed E-state index contributed by atoms with van der Waals surface area (Å²) in [5, 5.41) is 0. The van der Waals surface area contributed by atoms with Crippen molar-refractivity contribution in [1.29, 1.82) is 0 Å². The summed E-state index contributed by atoms with van der Waals surface area (Å²) in [4.78, 5) is 25.0. The number of carbonyl (C=O) groups excluding carboxylic acids is 2. The molecule has 1 saturated heterocycles. The van der Waals surface area contributed by atoms with Gasteiger partial charge in [-0.15, -0.1) is 0 Å². The normalized spacial score (nSPS) is 18.0. The minimum absolute atomic E-state index is 0.140. The summed E-state index contributed by atoms with van der Waals surface area (Å²) in [6.45, 7) is 2.11. The van der Waals surface area contributed by atoms with Crippen molar-refractivity contribution in [2.75, 3.05) is 6.54 Å². The van der Waals surface area contributed by atoms with Crippen LogP contribution in [0.25, 0.3) is 0 Å². The molecule has 1 fully saturated rings. The Kier molecular flexibility index (Phi) is 6.86. The first kappa shape index (κ1) is 21.9. The van der Waals surface area contributed by atoms with Gasteiger partial charge in [-0.25, -0.2) is 8.42 Å². The molecule has 0 aromatic heterocycles. The second-order valence-corrected chi connectivity index (χ2v) is 9.25. The van der Waals surface area contributed by atoms with E-state index in [1.54, 1.807) is 12.1 Å². The number of amides is 2. The summed E-state index contributed by atoms with van der Waals surface area (Å²) in [6.07, 6.45) is 1.26. The number of sulfonamides is 1. The van der Waals surface area contributed by atoms with Crippen LogP contribution in [0.4, 0.5) is 0 Å². The van der Waals surface area contributed by atoms with Gasteiger partial charge in [0, 0.05) is 6.54 Å². The van der Waals surface area contributed by atoms with Crippen LogP contribution in [0, 0.1) is 6.92 Å². The number of nitrogens with one attached hydrogen (secondary N) is 2. The molecular weight excluding hydrogens is 404 g/mol. The Bertz CT molecular complexity index is 993. The molecule has 1 aliphatic rings. The number of benzene rings is 2. The lowest BCUT2D eigenvalue weighted by Crippen LogP contribution is -2.54. The molecule has 2 amide bonds. The first-order valence-corrected chi connectivity index (χ1v) is 11.2. The average Bonchev–Trinajstić information content (AvgIpc) is 3.24. The molecule has 1 aliphatic heterocycles. The number of hydrazine groups is 1. The zero-order valence-electron chi connectivity index (χ0n) is 16.7. The number of hydrogen-bond acceptors (Lipinski definition) is 5. The van der Waals surface area contributed by atoms with E-state index in [1.807, 2.05) is 37.3 Å². The van der Waals surface area contributed by atoms with E-state index in [1.165, 1.54) is 16.4 Å². The molecule has 2 atom stereocenters. The Morgan fingerprint density at radius 1 is 1.10 bits per heavy atom. The van der Waals surface area contributed by atoms with Crippen molar-refractivity contribution in [2.24, 2.45) is 5.73 Å². The molecule has 0 aliphatic carbocycles. The lowest BCUT2D eigenvalue weighted by molar-refractivity contribution is -0.131. The first-order chi connectivity index (χ1) is 14.3. The quantitative estimate of drug-likeness (QED) is 0.587. The number of rotatable bonds is 6. The standard InChI is InChI=1S/C21H26N4O4S/c1-15-9-11-17(12-10-15)30(28,29)25-13-5-8-19(25)21(27)24-23-20(26)18(22)14-16-6-3-2-4-7-16/h2-4,6-7,9-12,18-19H,5,8,13-14,22H2,1H3,(H,23,26)(H,24,27). The van der Waals surface area contributed by atoms with Gasteiger partial charge in [-0.2, -0.15) is 4.31 Å². The highest BCUT2D eigenvalue weighted by Crippen LogP contribution is 2.26. The maximum atomic E-state index is 12.9. The van der Waals surface area contributed by atoms with Crippen molar-refractivity contribution in [3.05, 3.63) is 65.7 Å². The van der Waals surface area contributed by atoms with Gasteiger partial charge in [-0.1, -0.05) is 48.0 Å². The molecule has 1 heterocycles. The third-order valence-electron chi connectivity index (χ3n) is 5.08. The van der Waals surface area contributed by atoms with Crippen molar-refractivity contribution in [3.63, 3.8) is 0 Å². The van der Waals surface area contributed by atoms with Crippen LogP contribution in [0.5, 0.6) is 0 Å². The van der Waals surface area contributed by atoms with Crippen molar-refractivity contribution in [2.45, 2.75) is 43.2 Å². The topological polar surface area (TPSA) is 122 Å². The largest absolute Gasteiger partial charge is 0.320 e. The Morgan fingerprint density at radius 3 is 2.43 bits per heavy atom. The Balaban J connectivity index is 1.60. The van der Waals surface area contributed by atoms with Crippen LogP contribution in [-0.4, -0.2) is 43.2 Å². The fraction of sp³-hybridized carbons (Fsp3) is 0.333. The Morgan fingerprint density at radius 2 is 1.77 bits per heavy atom. The number of nitrogens with two attached hydrogens (primary N) is 1. The fourth-order valence-corrected chi connectivity index (χ4v) is 5.05. The van der Waals surface area contributed by atoms with E-state index in [-0.39, 0.29) is 11.4 Å². The fourth-order valence-electron chi connectivity index (χ4n) is 3.40. The minimum atomic E-state index is -3.81. The van der Waals surface area contributed by atoms with Crippen molar-refractivity contribution in [3.8, 4) is 0 Å². The third-order valence-corrected chi connectivity index (χ3v) is 7.00. The van der Waals surface area contributed by atoms with E-state index in [2.05, 4.69) is 10.9 Å². The second kappa shape index (κ2) is 9.38. The molecular formula is C21H26N4O4S. The highest BCUT2D eigenvalue weighted by Gasteiger charge is 2.39. The zero-order valence-corrected chi connectivity index (χ0v) is 17.6. The molecule has 0 bridgehead atoms. The van der Waals surface area contributed by atoms with Crippen LogP contribution in [0.1, 0.15) is 24.0 Å². The first-order valence-electron chi connectivity index (χ1n) is 9.77. The van der Waals surface area contributed by atoms with Crippen LogP contribution in [0.3, 0.4) is 0 Å². The molecule has 0 saturated carbocycles. The Labute approximate surface area is 176 Å². The molecule has 8 nitrogen and oxygen atoms in total. The van der Waals surface area contributed by atoms with Crippen molar-refractivity contribution >= 4 is 21.8 Å². The molecule has 4 N–H and O–H groups in total. The van der Waals surface area contributed by atoms with Gasteiger partial charge in [-0.3, -0.25) is 20.4 Å². The second-order valence-electron chi connectivity index (χ2n) is 7.36. The summed E-state index contributed by atoms with van der Waals surface area (Å²) in [5.41, 5.74) is 12.4. The van der Waals surface area contributed by atoms with Gasteiger partial charge >= 0.3 is 0 Å². The van der Waals surface area contributed by atoms with Crippen LogP contribution in [0.2, 0.25) is 0 Å². The van der Waals surface area contributed by atoms with Crippen LogP contribution in [0.15, 0.2) is 59.5 Å². The van der Waals surface area contributed by atoms with E-state index in [0.717, 1.165) is 11.1 Å². The number of nitrogens with zero attached hydrogens (tertiary/aromatic N) is 1. The summed E-state index contributed by atoms with van der Waals surface area (Å²) < 4.78 is 27.1. The number of carbonyl (C=O) groups is 2. The van der Waals surface area contributed by atoms with E-state index < -0.39 is 33.9 Å². The zero-order chi connectivity index (χ0) is 21.7. The number of aryl methyl sites for hydroxylation is 1. The summed E-state index contributed by atoms with van der Waals surface area (Å²) in [5.74, 6) is -1.12. The SMILES string of the molecule is Cc1ccc(S(=O)(=O)N2CCCC2C(=O)NNC(=O)C(N)Cc2ccccc2)cc1. The Hall–Kier alpha value is -2.75. The molecule has 3 rings (SSSR count). The summed E-state index contributed by atoms with van der Waals surface area (Å²) >= 11 is 0. The third kappa shape index (κ3) is 5.05. The summed E-state index contributed by atoms with van der Waals surface area (Å²) in [6, 6.07) is 14.0. The highest BCUT2D eigenvalue weighted by atomic mass is 32.2. The lowest BCUT2D eigenvalue weighted by atomic mass is 10.1. The van der Waals surface area contributed by atoms with Gasteiger partial charge in [0.1, 0.15) is 6.04 Å². The smallest absolute Gasteiger partial charge is 0.256 e. The van der Waals surface area contributed by atoms with Crippen molar-refractivity contribution in [1.82, 2.24) is 15.2 Å². The predicted molar refractivity (Wildman–Crippen MR) is 112 cm³/mol. The van der Waals surface area contributed by atoms with Gasteiger partial charge < -0.3 is 5.73 Å². The van der Waals surface area contributed by atoms with Gasteiger partial charge in [0.15, 0.2) is 0 Å². The molecule has 0 spiro atoms. The van der Waals surface area contributed by atoms with E-state index in [4.69, 9.17) is 5.73 Å². The predicted octanol–water partition coefficient (Wildman–Crippen LogP) is 0.866. The van der Waals surface area contributed by atoms with Crippen LogP contribution < -0.4 is 16.6 Å². The molecule has 0 radical (unpaired) electrons. The average molecular weight is 431 g/mol. The number of hydrogen-bond donors (Lipinski definition) is 3. The monoisotopic (exact) mass is 430 g/mol. The molecule has 2 aromatic carbocycles. The molecule has 2 unspecified atom stereocenters. The lowest BCUT2D eigenvalue weighted by Gasteiger charge is -2.24. The molecule has 2 aromatic rings. The molecule has 160 valence electrons. The van der Waals surface area contributed by atoms with E-state index >= 15 is 0 Å². The van der Waals surface area contributed by atoms with Gasteiger partial charge in [-0.05, 0) is 43.9 Å². The van der Waals surface area contributed by atoms with Gasteiger partial charge in [0.05, 0.1) is 10.9 Å². The van der Waals surface area contributed by atoms with Crippen LogP contribution >= 0.6 is 0 Å². The minimum Gasteiger partial charge on any atom is -0.320 e. The van der Waals surface area contributed by atoms with E-state index in [0.29, 0.717) is 19.3 Å². The van der Waals surface area contributed by atoms with Gasteiger partial charge in [0.2, 0.25) is 10.0 Å². The maximum Gasteiger partial charge on any atom is 0.256 e. The summed E-state index contributed by atoms with van der Waals surface area (Å²) in [7, 11) is -3.81. The van der Waals surface area contributed by atoms with Crippen molar-refractivity contribution < 1.29 is 18.0 Å². The van der Waals surface area contributed by atoms with E-state index in [9.17, 15) is 18.0 Å². The molecule has 30 heavy (non-hydrogen) atoms. The van der Waals surface area contributed by atoms with Crippen LogP contribution in [-0.2, 0) is 26.0 Å². The van der Waals surface area contributed by atoms with Gasteiger partial charge in [0.25, 0.3) is 11.8 Å². The highest BCUT2D eigenvalue weighted by molar-refractivity contribution is 7.89. The maximum absolute atomic E-state index is 12.9. The molecule has 9 heteroatoms.